The highest BCUT2D eigenvalue weighted by molar-refractivity contribution is 6.30. The Labute approximate surface area is 101 Å². The third-order valence-electron chi connectivity index (χ3n) is 2.68. The Morgan fingerprint density at radius 1 is 1.06 bits per heavy atom. The Morgan fingerprint density at radius 2 is 1.75 bits per heavy atom. The van der Waals surface area contributed by atoms with Gasteiger partial charge in [0.1, 0.15) is 0 Å². The fraction of sp³-hybridized carbons (Fsp3) is 0.143. The van der Waals surface area contributed by atoms with Crippen LogP contribution >= 0.6 is 11.6 Å². The Balaban J connectivity index is 2.44. The Hall–Kier alpha value is -1.47. The Bertz CT molecular complexity index is 489. The average molecular weight is 232 g/mol. The van der Waals surface area contributed by atoms with Crippen LogP contribution in [0.2, 0.25) is 5.02 Å². The average Bonchev–Trinajstić information content (AvgIpc) is 2.30. The molecule has 2 heteroatoms. The highest BCUT2D eigenvalue weighted by Gasteiger charge is 2.02. The molecule has 0 aliphatic rings. The number of benzene rings is 2. The standard InChI is InChI=1S/C14H14ClN/c1-2-10-3-8-13(14(16)9-10)11-4-6-12(15)7-5-11/h3-9H,2,16H2,1H3. The summed E-state index contributed by atoms with van der Waals surface area (Å²) in [7, 11) is 0. The van der Waals surface area contributed by atoms with E-state index in [-0.39, 0.29) is 0 Å². The topological polar surface area (TPSA) is 26.0 Å². The highest BCUT2D eigenvalue weighted by atomic mass is 35.5. The molecule has 0 radical (unpaired) electrons. The monoisotopic (exact) mass is 231 g/mol. The minimum Gasteiger partial charge on any atom is -0.398 e. The second kappa shape index (κ2) is 4.58. The molecule has 0 heterocycles. The van der Waals surface area contributed by atoms with Crippen molar-refractivity contribution < 1.29 is 0 Å². The summed E-state index contributed by atoms with van der Waals surface area (Å²) >= 11 is 5.86. The van der Waals surface area contributed by atoms with E-state index in [1.807, 2.05) is 30.3 Å². The molecule has 0 saturated heterocycles. The lowest BCUT2D eigenvalue weighted by molar-refractivity contribution is 1.14. The lowest BCUT2D eigenvalue weighted by Gasteiger charge is -2.07. The molecular weight excluding hydrogens is 218 g/mol. The lowest BCUT2D eigenvalue weighted by atomic mass is 10.0. The molecule has 2 rings (SSSR count). The van der Waals surface area contributed by atoms with Gasteiger partial charge in [0.2, 0.25) is 0 Å². The first-order valence-electron chi connectivity index (χ1n) is 5.35. The summed E-state index contributed by atoms with van der Waals surface area (Å²) in [4.78, 5) is 0. The van der Waals surface area contributed by atoms with E-state index in [9.17, 15) is 0 Å². The number of hydrogen-bond donors (Lipinski definition) is 1. The van der Waals surface area contributed by atoms with Crippen LogP contribution in [-0.2, 0) is 6.42 Å². The van der Waals surface area contributed by atoms with Gasteiger partial charge in [-0.05, 0) is 35.7 Å². The van der Waals surface area contributed by atoms with Crippen molar-refractivity contribution in [3.63, 3.8) is 0 Å². The van der Waals surface area contributed by atoms with E-state index in [4.69, 9.17) is 17.3 Å². The quantitative estimate of drug-likeness (QED) is 0.772. The van der Waals surface area contributed by atoms with Crippen molar-refractivity contribution in [3.05, 3.63) is 53.1 Å². The predicted molar refractivity (Wildman–Crippen MR) is 70.7 cm³/mol. The molecular formula is C14H14ClN. The normalized spacial score (nSPS) is 10.4. The third kappa shape index (κ3) is 2.20. The summed E-state index contributed by atoms with van der Waals surface area (Å²) < 4.78 is 0. The van der Waals surface area contributed by atoms with Crippen LogP contribution in [0.15, 0.2) is 42.5 Å². The molecule has 0 unspecified atom stereocenters. The second-order valence-corrected chi connectivity index (χ2v) is 4.22. The molecule has 0 atom stereocenters. The molecule has 0 aliphatic carbocycles. The van der Waals surface area contributed by atoms with Crippen LogP contribution in [0.3, 0.4) is 0 Å². The van der Waals surface area contributed by atoms with Crippen molar-refractivity contribution in [3.8, 4) is 11.1 Å². The maximum Gasteiger partial charge on any atom is 0.0406 e. The van der Waals surface area contributed by atoms with Gasteiger partial charge in [0.05, 0.1) is 0 Å². The van der Waals surface area contributed by atoms with Gasteiger partial charge >= 0.3 is 0 Å². The molecule has 1 nitrogen and oxygen atoms in total. The number of anilines is 1. The van der Waals surface area contributed by atoms with Crippen molar-refractivity contribution in [2.45, 2.75) is 13.3 Å². The maximum absolute atomic E-state index is 6.03. The van der Waals surface area contributed by atoms with Crippen LogP contribution in [0.1, 0.15) is 12.5 Å². The smallest absolute Gasteiger partial charge is 0.0406 e. The predicted octanol–water partition coefficient (Wildman–Crippen LogP) is 4.15. The van der Waals surface area contributed by atoms with E-state index < -0.39 is 0 Å². The summed E-state index contributed by atoms with van der Waals surface area (Å²) in [6, 6.07) is 13.9. The van der Waals surface area contributed by atoms with Gasteiger partial charge < -0.3 is 5.73 Å². The number of hydrogen-bond acceptors (Lipinski definition) is 1. The van der Waals surface area contributed by atoms with Crippen molar-refractivity contribution in [2.75, 3.05) is 5.73 Å². The summed E-state index contributed by atoms with van der Waals surface area (Å²) in [6.45, 7) is 2.12. The first-order valence-corrected chi connectivity index (χ1v) is 5.73. The summed E-state index contributed by atoms with van der Waals surface area (Å²) in [6.07, 6.45) is 1.01. The molecule has 0 bridgehead atoms. The number of nitrogens with two attached hydrogens (primary N) is 1. The first-order chi connectivity index (χ1) is 7.70. The van der Waals surface area contributed by atoms with E-state index >= 15 is 0 Å². The minimum absolute atomic E-state index is 0.743. The van der Waals surface area contributed by atoms with E-state index in [1.165, 1.54) is 5.56 Å². The van der Waals surface area contributed by atoms with E-state index in [0.717, 1.165) is 28.3 Å². The van der Waals surface area contributed by atoms with E-state index in [0.29, 0.717) is 0 Å². The maximum atomic E-state index is 6.03. The Kier molecular flexibility index (Phi) is 3.16. The zero-order chi connectivity index (χ0) is 11.5. The molecule has 16 heavy (non-hydrogen) atoms. The van der Waals surface area contributed by atoms with Gasteiger partial charge in [0.15, 0.2) is 0 Å². The van der Waals surface area contributed by atoms with Crippen LogP contribution in [0.5, 0.6) is 0 Å². The highest BCUT2D eigenvalue weighted by Crippen LogP contribution is 2.27. The van der Waals surface area contributed by atoms with Gasteiger partial charge in [-0.15, -0.1) is 0 Å². The van der Waals surface area contributed by atoms with Crippen LogP contribution in [0.25, 0.3) is 11.1 Å². The minimum atomic E-state index is 0.743. The zero-order valence-electron chi connectivity index (χ0n) is 9.20. The molecule has 0 amide bonds. The second-order valence-electron chi connectivity index (χ2n) is 3.78. The fourth-order valence-corrected chi connectivity index (χ4v) is 1.85. The summed E-state index contributed by atoms with van der Waals surface area (Å²) in [5.41, 5.74) is 10.3. The Morgan fingerprint density at radius 3 is 2.31 bits per heavy atom. The molecule has 0 saturated carbocycles. The molecule has 82 valence electrons. The lowest BCUT2D eigenvalue weighted by Crippen LogP contribution is -1.92. The summed E-state index contributed by atoms with van der Waals surface area (Å²) in [5.74, 6) is 0. The molecule has 2 aromatic rings. The van der Waals surface area contributed by atoms with Crippen LogP contribution in [0.4, 0.5) is 5.69 Å². The molecule has 0 aliphatic heterocycles. The molecule has 0 spiro atoms. The van der Waals surface area contributed by atoms with Gasteiger partial charge in [-0.2, -0.15) is 0 Å². The number of rotatable bonds is 2. The zero-order valence-corrected chi connectivity index (χ0v) is 9.96. The van der Waals surface area contributed by atoms with Gasteiger partial charge in [0, 0.05) is 16.3 Å². The van der Waals surface area contributed by atoms with Crippen molar-refractivity contribution >= 4 is 17.3 Å². The van der Waals surface area contributed by atoms with Gasteiger partial charge in [0.25, 0.3) is 0 Å². The summed E-state index contributed by atoms with van der Waals surface area (Å²) in [5, 5.41) is 0.743. The number of aryl methyl sites for hydroxylation is 1. The van der Waals surface area contributed by atoms with Gasteiger partial charge in [-0.1, -0.05) is 42.8 Å². The molecule has 0 aromatic heterocycles. The van der Waals surface area contributed by atoms with Crippen LogP contribution in [-0.4, -0.2) is 0 Å². The first kappa shape index (κ1) is 11.0. The SMILES string of the molecule is CCc1ccc(-c2ccc(Cl)cc2)c(N)c1. The van der Waals surface area contributed by atoms with Crippen molar-refractivity contribution in [1.82, 2.24) is 0 Å². The van der Waals surface area contributed by atoms with Gasteiger partial charge in [-0.25, -0.2) is 0 Å². The van der Waals surface area contributed by atoms with Gasteiger partial charge in [-0.3, -0.25) is 0 Å². The largest absolute Gasteiger partial charge is 0.398 e. The fourth-order valence-electron chi connectivity index (χ4n) is 1.72. The van der Waals surface area contributed by atoms with E-state index in [2.05, 4.69) is 19.1 Å². The van der Waals surface area contributed by atoms with Crippen LogP contribution in [0, 0.1) is 0 Å². The molecule has 2 N–H and O–H groups in total. The van der Waals surface area contributed by atoms with Crippen molar-refractivity contribution in [1.29, 1.82) is 0 Å². The number of nitrogen functional groups attached to an aromatic ring is 1. The van der Waals surface area contributed by atoms with E-state index in [1.54, 1.807) is 0 Å². The third-order valence-corrected chi connectivity index (χ3v) is 2.93. The number of halogens is 1. The molecule has 2 aromatic carbocycles. The van der Waals surface area contributed by atoms with Crippen LogP contribution < -0.4 is 5.73 Å². The van der Waals surface area contributed by atoms with Crippen molar-refractivity contribution in [2.24, 2.45) is 0 Å². The molecule has 0 fully saturated rings.